The molecule has 1 aliphatic rings. The molecule has 1 aromatic heterocycles. The lowest BCUT2D eigenvalue weighted by atomic mass is 10.3. The van der Waals surface area contributed by atoms with Gasteiger partial charge in [-0.1, -0.05) is 0 Å². The molecule has 9 heteroatoms. The molecular weight excluding hydrogens is 341 g/mol. The molecule has 1 saturated heterocycles. The number of methoxy groups -OCH3 is 2. The Hall–Kier alpha value is -3.10. The third-order valence-electron chi connectivity index (χ3n) is 4.05. The van der Waals surface area contributed by atoms with E-state index in [4.69, 9.17) is 9.47 Å². The second-order valence-corrected chi connectivity index (χ2v) is 5.67. The highest BCUT2D eigenvalue weighted by atomic mass is 19.1. The molecule has 0 bridgehead atoms. The summed E-state index contributed by atoms with van der Waals surface area (Å²) < 4.78 is 23.2. The zero-order valence-corrected chi connectivity index (χ0v) is 14.6. The molecule has 2 aromatic rings. The highest BCUT2D eigenvalue weighted by Gasteiger charge is 2.23. The van der Waals surface area contributed by atoms with Crippen LogP contribution < -0.4 is 19.7 Å². The maximum absolute atomic E-state index is 12.9. The number of nitrogens with one attached hydrogen (secondary N) is 1. The van der Waals surface area contributed by atoms with Crippen LogP contribution in [0.15, 0.2) is 30.3 Å². The van der Waals surface area contributed by atoms with Crippen LogP contribution in [0.5, 0.6) is 11.9 Å². The van der Waals surface area contributed by atoms with Gasteiger partial charge in [-0.25, -0.2) is 9.18 Å². The SMILES string of the molecule is COc1cc(N2CCN(C(=O)Nc3ccc(F)cc3)CC2)nc(OC)n1. The Morgan fingerprint density at radius 1 is 1.08 bits per heavy atom. The number of anilines is 2. The van der Waals surface area contributed by atoms with Crippen molar-refractivity contribution in [3.63, 3.8) is 0 Å². The van der Waals surface area contributed by atoms with E-state index in [1.165, 1.54) is 38.5 Å². The number of carbonyl (C=O) groups is 1. The topological polar surface area (TPSA) is 79.8 Å². The first kappa shape index (κ1) is 17.7. The number of ether oxygens (including phenoxy) is 2. The summed E-state index contributed by atoms with van der Waals surface area (Å²) in [5, 5.41) is 2.77. The van der Waals surface area contributed by atoms with Gasteiger partial charge in [0.2, 0.25) is 5.88 Å². The zero-order chi connectivity index (χ0) is 18.5. The number of carbonyl (C=O) groups excluding carboxylic acids is 1. The summed E-state index contributed by atoms with van der Waals surface area (Å²) in [4.78, 5) is 24.5. The molecule has 0 atom stereocenters. The molecular formula is C17H20FN5O3. The average Bonchev–Trinajstić information content (AvgIpc) is 2.69. The van der Waals surface area contributed by atoms with Gasteiger partial charge in [0.1, 0.15) is 11.6 Å². The van der Waals surface area contributed by atoms with Gasteiger partial charge in [-0.2, -0.15) is 9.97 Å². The van der Waals surface area contributed by atoms with Crippen molar-refractivity contribution in [2.24, 2.45) is 0 Å². The van der Waals surface area contributed by atoms with Gasteiger partial charge >= 0.3 is 12.0 Å². The van der Waals surface area contributed by atoms with Gasteiger partial charge < -0.3 is 24.6 Å². The summed E-state index contributed by atoms with van der Waals surface area (Å²) in [6.07, 6.45) is 0. The first-order valence-electron chi connectivity index (χ1n) is 8.12. The fourth-order valence-corrected chi connectivity index (χ4v) is 2.62. The van der Waals surface area contributed by atoms with Gasteiger partial charge in [0.05, 0.1) is 14.2 Å². The van der Waals surface area contributed by atoms with Crippen molar-refractivity contribution in [1.29, 1.82) is 0 Å². The fraction of sp³-hybridized carbons (Fsp3) is 0.353. The molecule has 2 amide bonds. The Bertz CT molecular complexity index is 741. The molecule has 0 unspecified atom stereocenters. The van der Waals surface area contributed by atoms with E-state index in [0.717, 1.165) is 0 Å². The maximum atomic E-state index is 12.9. The standard InChI is InChI=1S/C17H20FN5O3/c1-25-15-11-14(20-16(21-15)26-2)22-7-9-23(10-8-22)17(24)19-13-5-3-12(18)4-6-13/h3-6,11H,7-10H2,1-2H3,(H,19,24). The molecule has 26 heavy (non-hydrogen) atoms. The molecule has 0 aliphatic carbocycles. The lowest BCUT2D eigenvalue weighted by molar-refractivity contribution is 0.208. The first-order valence-corrected chi connectivity index (χ1v) is 8.12. The molecule has 8 nitrogen and oxygen atoms in total. The first-order chi connectivity index (χ1) is 12.6. The summed E-state index contributed by atoms with van der Waals surface area (Å²) >= 11 is 0. The molecule has 1 N–H and O–H groups in total. The van der Waals surface area contributed by atoms with Crippen molar-refractivity contribution in [1.82, 2.24) is 14.9 Å². The summed E-state index contributed by atoms with van der Waals surface area (Å²) in [5.41, 5.74) is 0.559. The van der Waals surface area contributed by atoms with E-state index in [2.05, 4.69) is 15.3 Å². The Balaban J connectivity index is 1.60. The van der Waals surface area contributed by atoms with E-state index in [9.17, 15) is 9.18 Å². The van der Waals surface area contributed by atoms with Crippen LogP contribution >= 0.6 is 0 Å². The minimum Gasteiger partial charge on any atom is -0.481 e. The van der Waals surface area contributed by atoms with Crippen LogP contribution in [0.1, 0.15) is 0 Å². The van der Waals surface area contributed by atoms with Gasteiger partial charge in [-0.05, 0) is 24.3 Å². The van der Waals surface area contributed by atoms with Crippen LogP contribution in [-0.4, -0.2) is 61.3 Å². The van der Waals surface area contributed by atoms with Crippen LogP contribution in [0.25, 0.3) is 0 Å². The molecule has 138 valence electrons. The number of nitrogens with zero attached hydrogens (tertiary/aromatic N) is 4. The number of hydrogen-bond donors (Lipinski definition) is 1. The second-order valence-electron chi connectivity index (χ2n) is 5.67. The van der Waals surface area contributed by atoms with E-state index in [-0.39, 0.29) is 17.9 Å². The van der Waals surface area contributed by atoms with Crippen LogP contribution in [0.2, 0.25) is 0 Å². The second kappa shape index (κ2) is 7.85. The van der Waals surface area contributed by atoms with Crippen molar-refractivity contribution in [2.75, 3.05) is 50.6 Å². The van der Waals surface area contributed by atoms with Crippen molar-refractivity contribution < 1.29 is 18.7 Å². The fourth-order valence-electron chi connectivity index (χ4n) is 2.62. The molecule has 1 fully saturated rings. The van der Waals surface area contributed by atoms with Crippen molar-refractivity contribution in [2.45, 2.75) is 0 Å². The number of aromatic nitrogens is 2. The Morgan fingerprint density at radius 3 is 2.38 bits per heavy atom. The van der Waals surface area contributed by atoms with E-state index < -0.39 is 0 Å². The Morgan fingerprint density at radius 2 is 1.77 bits per heavy atom. The number of rotatable bonds is 4. The molecule has 1 aliphatic heterocycles. The lowest BCUT2D eigenvalue weighted by Gasteiger charge is -2.35. The summed E-state index contributed by atoms with van der Waals surface area (Å²) in [6.45, 7) is 2.28. The predicted octanol–water partition coefficient (Wildman–Crippen LogP) is 1.99. The Kier molecular flexibility index (Phi) is 5.35. The monoisotopic (exact) mass is 361 g/mol. The summed E-state index contributed by atoms with van der Waals surface area (Å²) in [7, 11) is 3.03. The smallest absolute Gasteiger partial charge is 0.321 e. The van der Waals surface area contributed by atoms with Crippen LogP contribution in [-0.2, 0) is 0 Å². The van der Waals surface area contributed by atoms with E-state index >= 15 is 0 Å². The summed E-state index contributed by atoms with van der Waals surface area (Å²) in [5.74, 6) is 0.767. The normalized spacial score (nSPS) is 14.1. The van der Waals surface area contributed by atoms with Crippen molar-refractivity contribution in [3.8, 4) is 11.9 Å². The average molecular weight is 361 g/mol. The highest BCUT2D eigenvalue weighted by molar-refractivity contribution is 5.89. The van der Waals surface area contributed by atoms with Crippen molar-refractivity contribution in [3.05, 3.63) is 36.1 Å². The summed E-state index contributed by atoms with van der Waals surface area (Å²) in [6, 6.07) is 7.43. The van der Waals surface area contributed by atoms with E-state index in [1.54, 1.807) is 11.0 Å². The number of piperazine rings is 1. The minimum atomic E-state index is -0.340. The van der Waals surface area contributed by atoms with Gasteiger partial charge in [-0.3, -0.25) is 0 Å². The quantitative estimate of drug-likeness (QED) is 0.897. The molecule has 2 heterocycles. The minimum absolute atomic E-state index is 0.214. The number of hydrogen-bond acceptors (Lipinski definition) is 6. The number of benzene rings is 1. The van der Waals surface area contributed by atoms with Crippen molar-refractivity contribution >= 4 is 17.5 Å². The van der Waals surface area contributed by atoms with Gasteiger partial charge in [-0.15, -0.1) is 0 Å². The van der Waals surface area contributed by atoms with Gasteiger partial charge in [0.25, 0.3) is 0 Å². The third kappa shape index (κ3) is 4.11. The zero-order valence-electron chi connectivity index (χ0n) is 14.6. The van der Waals surface area contributed by atoms with E-state index in [1.807, 2.05) is 4.90 Å². The largest absolute Gasteiger partial charge is 0.481 e. The molecule has 3 rings (SSSR count). The predicted molar refractivity (Wildman–Crippen MR) is 94.3 cm³/mol. The van der Waals surface area contributed by atoms with Crippen LogP contribution in [0.3, 0.4) is 0 Å². The third-order valence-corrected chi connectivity index (χ3v) is 4.05. The van der Waals surface area contributed by atoms with E-state index in [0.29, 0.717) is 43.6 Å². The maximum Gasteiger partial charge on any atom is 0.321 e. The van der Waals surface area contributed by atoms with Crippen LogP contribution in [0, 0.1) is 5.82 Å². The molecule has 0 spiro atoms. The molecule has 0 saturated carbocycles. The number of amides is 2. The van der Waals surface area contributed by atoms with Gasteiger partial charge in [0, 0.05) is 37.9 Å². The highest BCUT2D eigenvalue weighted by Crippen LogP contribution is 2.22. The lowest BCUT2D eigenvalue weighted by Crippen LogP contribution is -2.50. The molecule has 1 aromatic carbocycles. The Labute approximate surface area is 150 Å². The van der Waals surface area contributed by atoms with Crippen LogP contribution in [0.4, 0.5) is 20.7 Å². The number of urea groups is 1. The van der Waals surface area contributed by atoms with Gasteiger partial charge in [0.15, 0.2) is 0 Å². The number of halogens is 1. The molecule has 0 radical (unpaired) electrons.